The van der Waals surface area contributed by atoms with Crippen LogP contribution in [0.2, 0.25) is 0 Å². The van der Waals surface area contributed by atoms with Gasteiger partial charge >= 0.3 is 6.03 Å². The summed E-state index contributed by atoms with van der Waals surface area (Å²) in [4.78, 5) is 35.5. The van der Waals surface area contributed by atoms with Gasteiger partial charge in [0.2, 0.25) is 0 Å². The van der Waals surface area contributed by atoms with Gasteiger partial charge in [-0.1, -0.05) is 12.1 Å². The lowest BCUT2D eigenvalue weighted by Gasteiger charge is -2.07. The van der Waals surface area contributed by atoms with Crippen molar-refractivity contribution in [3.63, 3.8) is 0 Å². The zero-order valence-corrected chi connectivity index (χ0v) is 14.6. The van der Waals surface area contributed by atoms with Crippen LogP contribution in [-0.2, 0) is 6.54 Å². The Hall–Kier alpha value is -3.81. The van der Waals surface area contributed by atoms with Crippen molar-refractivity contribution in [2.24, 2.45) is 0 Å². The SMILES string of the molecule is CNC(=O)Nc1cccc(NC(=O)c2ccc(Cn3ccccc3=O)o2)c1. The molecule has 8 nitrogen and oxygen atoms in total. The molecule has 0 fully saturated rings. The fourth-order valence-electron chi connectivity index (χ4n) is 2.41. The number of pyridine rings is 1. The Kier molecular flexibility index (Phi) is 5.36. The van der Waals surface area contributed by atoms with Gasteiger partial charge in [-0.05, 0) is 36.4 Å². The minimum Gasteiger partial charge on any atom is -0.454 e. The van der Waals surface area contributed by atoms with Crippen LogP contribution in [0.15, 0.2) is 70.0 Å². The summed E-state index contributed by atoms with van der Waals surface area (Å²) >= 11 is 0. The number of nitrogens with one attached hydrogen (secondary N) is 3. The lowest BCUT2D eigenvalue weighted by molar-refractivity contribution is 0.0994. The molecule has 3 aromatic rings. The van der Waals surface area contributed by atoms with E-state index in [-0.39, 0.29) is 23.9 Å². The maximum absolute atomic E-state index is 12.4. The van der Waals surface area contributed by atoms with Gasteiger partial charge in [0.1, 0.15) is 5.76 Å². The summed E-state index contributed by atoms with van der Waals surface area (Å²) in [5.41, 5.74) is 0.891. The first kappa shape index (κ1) is 18.0. The van der Waals surface area contributed by atoms with E-state index in [2.05, 4.69) is 16.0 Å². The Morgan fingerprint density at radius 2 is 1.78 bits per heavy atom. The lowest BCUT2D eigenvalue weighted by atomic mass is 10.2. The normalized spacial score (nSPS) is 10.3. The van der Waals surface area contributed by atoms with Crippen molar-refractivity contribution in [1.29, 1.82) is 0 Å². The summed E-state index contributed by atoms with van der Waals surface area (Å²) in [6, 6.07) is 14.4. The molecule has 2 aromatic heterocycles. The molecule has 0 aliphatic carbocycles. The topological polar surface area (TPSA) is 105 Å². The van der Waals surface area contributed by atoms with Gasteiger partial charge in [0, 0.05) is 30.7 Å². The Morgan fingerprint density at radius 3 is 2.52 bits per heavy atom. The number of furan rings is 1. The number of hydrogen-bond acceptors (Lipinski definition) is 4. The molecular weight excluding hydrogens is 348 g/mol. The van der Waals surface area contributed by atoms with Crippen molar-refractivity contribution in [3.05, 3.63) is 82.7 Å². The molecule has 138 valence electrons. The number of anilines is 2. The van der Waals surface area contributed by atoms with Crippen molar-refractivity contribution >= 4 is 23.3 Å². The number of carbonyl (C=O) groups is 2. The molecule has 0 aliphatic heterocycles. The Balaban J connectivity index is 1.68. The highest BCUT2D eigenvalue weighted by atomic mass is 16.4. The van der Waals surface area contributed by atoms with Crippen molar-refractivity contribution in [2.45, 2.75) is 6.54 Å². The Morgan fingerprint density at radius 1 is 1.00 bits per heavy atom. The summed E-state index contributed by atoms with van der Waals surface area (Å²) in [5.74, 6) is 0.181. The summed E-state index contributed by atoms with van der Waals surface area (Å²) < 4.78 is 7.02. The zero-order chi connectivity index (χ0) is 19.2. The number of carbonyl (C=O) groups excluding carboxylic acids is 2. The molecule has 0 spiro atoms. The van der Waals surface area contributed by atoms with Crippen LogP contribution in [-0.4, -0.2) is 23.6 Å². The first-order chi connectivity index (χ1) is 13.0. The van der Waals surface area contributed by atoms with E-state index in [0.29, 0.717) is 17.1 Å². The number of nitrogens with zero attached hydrogens (tertiary/aromatic N) is 1. The van der Waals surface area contributed by atoms with E-state index in [1.807, 2.05) is 0 Å². The van der Waals surface area contributed by atoms with E-state index in [1.54, 1.807) is 54.7 Å². The summed E-state index contributed by atoms with van der Waals surface area (Å²) in [7, 11) is 1.51. The first-order valence-electron chi connectivity index (χ1n) is 8.19. The van der Waals surface area contributed by atoms with Crippen LogP contribution >= 0.6 is 0 Å². The largest absolute Gasteiger partial charge is 0.454 e. The zero-order valence-electron chi connectivity index (χ0n) is 14.6. The minimum atomic E-state index is -0.432. The Labute approximate surface area is 154 Å². The molecule has 1 aromatic carbocycles. The number of amides is 3. The highest BCUT2D eigenvalue weighted by Gasteiger charge is 2.12. The van der Waals surface area contributed by atoms with Crippen LogP contribution in [0.3, 0.4) is 0 Å². The van der Waals surface area contributed by atoms with Crippen LogP contribution < -0.4 is 21.5 Å². The second-order valence-corrected chi connectivity index (χ2v) is 5.67. The molecule has 0 saturated heterocycles. The molecule has 0 unspecified atom stereocenters. The van der Waals surface area contributed by atoms with Crippen LogP contribution in [0.1, 0.15) is 16.3 Å². The third-order valence-corrected chi connectivity index (χ3v) is 3.72. The predicted molar refractivity (Wildman–Crippen MR) is 101 cm³/mol. The highest BCUT2D eigenvalue weighted by Crippen LogP contribution is 2.17. The highest BCUT2D eigenvalue weighted by molar-refractivity contribution is 6.02. The molecular formula is C19H18N4O4. The smallest absolute Gasteiger partial charge is 0.318 e. The number of hydrogen-bond donors (Lipinski definition) is 3. The van der Waals surface area contributed by atoms with E-state index >= 15 is 0 Å². The fourth-order valence-corrected chi connectivity index (χ4v) is 2.41. The molecule has 3 N–H and O–H groups in total. The van der Waals surface area contributed by atoms with E-state index in [4.69, 9.17) is 4.42 Å². The minimum absolute atomic E-state index is 0.124. The molecule has 0 radical (unpaired) electrons. The molecule has 0 saturated carbocycles. The number of aromatic nitrogens is 1. The van der Waals surface area contributed by atoms with Crippen LogP contribution in [0, 0.1) is 0 Å². The van der Waals surface area contributed by atoms with Crippen LogP contribution in [0.5, 0.6) is 0 Å². The second kappa shape index (κ2) is 8.05. The average molecular weight is 366 g/mol. The maximum Gasteiger partial charge on any atom is 0.318 e. The van der Waals surface area contributed by atoms with Gasteiger partial charge in [-0.15, -0.1) is 0 Å². The van der Waals surface area contributed by atoms with Crippen molar-refractivity contribution in [3.8, 4) is 0 Å². The maximum atomic E-state index is 12.4. The molecule has 27 heavy (non-hydrogen) atoms. The molecule has 8 heteroatoms. The van der Waals surface area contributed by atoms with E-state index in [9.17, 15) is 14.4 Å². The number of benzene rings is 1. The summed E-state index contributed by atoms with van der Waals surface area (Å²) in [6.45, 7) is 0.235. The van der Waals surface area contributed by atoms with Crippen molar-refractivity contribution < 1.29 is 14.0 Å². The predicted octanol–water partition coefficient (Wildman–Crippen LogP) is 2.49. The van der Waals surface area contributed by atoms with Crippen molar-refractivity contribution in [2.75, 3.05) is 17.7 Å². The van der Waals surface area contributed by atoms with E-state index < -0.39 is 5.91 Å². The quantitative estimate of drug-likeness (QED) is 0.645. The molecule has 2 heterocycles. The van der Waals surface area contributed by atoms with Crippen molar-refractivity contribution in [1.82, 2.24) is 9.88 Å². The Bertz CT molecular complexity index is 1020. The monoisotopic (exact) mass is 366 g/mol. The number of urea groups is 1. The van der Waals surface area contributed by atoms with Gasteiger partial charge in [-0.2, -0.15) is 0 Å². The summed E-state index contributed by atoms with van der Waals surface area (Å²) in [6.07, 6.45) is 1.65. The van der Waals surface area contributed by atoms with Gasteiger partial charge in [0.05, 0.1) is 6.54 Å². The van der Waals surface area contributed by atoms with Gasteiger partial charge in [-0.25, -0.2) is 4.79 Å². The van der Waals surface area contributed by atoms with Crippen LogP contribution in [0.4, 0.5) is 16.2 Å². The molecule has 0 aliphatic rings. The lowest BCUT2D eigenvalue weighted by Crippen LogP contribution is -2.24. The van der Waals surface area contributed by atoms with Crippen LogP contribution in [0.25, 0.3) is 0 Å². The third kappa shape index (κ3) is 4.63. The molecule has 3 rings (SSSR count). The first-order valence-corrected chi connectivity index (χ1v) is 8.19. The van der Waals surface area contributed by atoms with Gasteiger partial charge in [-0.3, -0.25) is 9.59 Å². The van der Waals surface area contributed by atoms with E-state index in [1.165, 1.54) is 17.7 Å². The van der Waals surface area contributed by atoms with Gasteiger partial charge in [0.15, 0.2) is 5.76 Å². The molecule has 0 bridgehead atoms. The molecule has 3 amide bonds. The number of rotatable bonds is 5. The summed E-state index contributed by atoms with van der Waals surface area (Å²) in [5, 5.41) is 7.78. The fraction of sp³-hybridized carbons (Fsp3) is 0.105. The third-order valence-electron chi connectivity index (χ3n) is 3.72. The van der Waals surface area contributed by atoms with E-state index in [0.717, 1.165) is 0 Å². The van der Waals surface area contributed by atoms with Gasteiger partial charge < -0.3 is 24.9 Å². The standard InChI is InChI=1S/C19H18N4O4/c1-20-19(26)22-14-6-4-5-13(11-14)21-18(25)16-9-8-15(27-16)12-23-10-3-2-7-17(23)24/h2-11H,12H2,1H3,(H,21,25)(H2,20,22,26). The molecule has 0 atom stereocenters. The second-order valence-electron chi connectivity index (χ2n) is 5.67. The van der Waals surface area contributed by atoms with Gasteiger partial charge in [0.25, 0.3) is 11.5 Å². The average Bonchev–Trinajstić information content (AvgIpc) is 3.12.